The fourth-order valence-electron chi connectivity index (χ4n) is 2.47. The predicted molar refractivity (Wildman–Crippen MR) is 57.8 cm³/mol. The number of hydrogen-bond acceptors (Lipinski definition) is 1. The number of likely N-dealkylation sites (N-methyl/N-ethyl adjacent to an activating group) is 2. The summed E-state index contributed by atoms with van der Waals surface area (Å²) < 4.78 is 1.26. The molecule has 13 heavy (non-hydrogen) atoms. The summed E-state index contributed by atoms with van der Waals surface area (Å²) in [5.41, 5.74) is 0.284. The van der Waals surface area contributed by atoms with E-state index in [2.05, 4.69) is 33.3 Å². The van der Waals surface area contributed by atoms with E-state index in [9.17, 15) is 0 Å². The Bertz CT molecular complexity index is 157. The zero-order valence-corrected chi connectivity index (χ0v) is 9.69. The van der Waals surface area contributed by atoms with E-state index >= 15 is 0 Å². The molecule has 1 N–H and O–H groups in total. The second-order valence-corrected chi connectivity index (χ2v) is 5.42. The summed E-state index contributed by atoms with van der Waals surface area (Å²) in [6.45, 7) is 8.58. The van der Waals surface area contributed by atoms with E-state index in [1.54, 1.807) is 0 Å². The van der Waals surface area contributed by atoms with Crippen molar-refractivity contribution in [3.63, 3.8) is 0 Å². The van der Waals surface area contributed by atoms with E-state index in [1.165, 1.54) is 43.4 Å². The second-order valence-electron chi connectivity index (χ2n) is 5.42. The maximum atomic E-state index is 3.40. The van der Waals surface area contributed by atoms with Crippen LogP contribution in [0.4, 0.5) is 0 Å². The number of likely N-dealkylation sites (tertiary alicyclic amines) is 1. The van der Waals surface area contributed by atoms with Gasteiger partial charge in [0.1, 0.15) is 0 Å². The highest BCUT2D eigenvalue weighted by molar-refractivity contribution is 4.75. The molecule has 0 aliphatic carbocycles. The molecule has 0 aromatic heterocycles. The highest BCUT2D eigenvalue weighted by Crippen LogP contribution is 2.19. The van der Waals surface area contributed by atoms with Crippen LogP contribution in [0.5, 0.6) is 0 Å². The van der Waals surface area contributed by atoms with Gasteiger partial charge in [-0.05, 0) is 40.2 Å². The first kappa shape index (κ1) is 11.0. The van der Waals surface area contributed by atoms with Crippen molar-refractivity contribution < 1.29 is 4.48 Å². The molecule has 1 fully saturated rings. The zero-order valence-electron chi connectivity index (χ0n) is 9.69. The molecule has 0 spiro atoms. The lowest BCUT2D eigenvalue weighted by molar-refractivity contribution is -0.917. The van der Waals surface area contributed by atoms with Gasteiger partial charge in [0.05, 0.1) is 32.2 Å². The van der Waals surface area contributed by atoms with Crippen LogP contribution in [-0.4, -0.2) is 43.8 Å². The summed E-state index contributed by atoms with van der Waals surface area (Å²) in [6, 6.07) is 0. The van der Waals surface area contributed by atoms with Gasteiger partial charge in [-0.1, -0.05) is 0 Å². The summed E-state index contributed by atoms with van der Waals surface area (Å²) in [6.07, 6.45) is 4.26. The van der Waals surface area contributed by atoms with Crippen LogP contribution in [0.3, 0.4) is 0 Å². The quantitative estimate of drug-likeness (QED) is 0.659. The Morgan fingerprint density at radius 3 is 2.15 bits per heavy atom. The molecule has 1 rings (SSSR count). The molecule has 0 amide bonds. The Morgan fingerprint density at radius 2 is 1.69 bits per heavy atom. The molecule has 0 unspecified atom stereocenters. The van der Waals surface area contributed by atoms with E-state index < -0.39 is 0 Å². The number of piperidine rings is 1. The smallest absolute Gasteiger partial charge is 0.0963 e. The molecule has 0 atom stereocenters. The van der Waals surface area contributed by atoms with Gasteiger partial charge in [0.15, 0.2) is 0 Å². The SMILES string of the molecule is CNC(C)(C)C[N+]1(C)CCCCC1. The van der Waals surface area contributed by atoms with Crippen LogP contribution in [0, 0.1) is 0 Å². The van der Waals surface area contributed by atoms with Crippen LogP contribution >= 0.6 is 0 Å². The van der Waals surface area contributed by atoms with Gasteiger partial charge in [0.2, 0.25) is 0 Å². The minimum atomic E-state index is 0.284. The minimum Gasteiger partial charge on any atom is -0.325 e. The highest BCUT2D eigenvalue weighted by Gasteiger charge is 2.31. The van der Waals surface area contributed by atoms with E-state index in [-0.39, 0.29) is 5.54 Å². The fourth-order valence-corrected chi connectivity index (χ4v) is 2.47. The number of nitrogens with one attached hydrogen (secondary N) is 1. The number of nitrogens with zero attached hydrogens (tertiary/aromatic N) is 1. The minimum absolute atomic E-state index is 0.284. The Morgan fingerprint density at radius 1 is 1.15 bits per heavy atom. The molecule has 0 aromatic carbocycles. The summed E-state index contributed by atoms with van der Waals surface area (Å²) >= 11 is 0. The Kier molecular flexibility index (Phi) is 3.36. The lowest BCUT2D eigenvalue weighted by atomic mass is 10.0. The van der Waals surface area contributed by atoms with Crippen LogP contribution in [0.2, 0.25) is 0 Å². The molecule has 1 aliphatic rings. The van der Waals surface area contributed by atoms with Gasteiger partial charge < -0.3 is 9.80 Å². The zero-order chi connectivity index (χ0) is 9.95. The molecule has 0 bridgehead atoms. The van der Waals surface area contributed by atoms with Crippen molar-refractivity contribution in [3.05, 3.63) is 0 Å². The summed E-state index contributed by atoms with van der Waals surface area (Å²) in [7, 11) is 4.47. The lowest BCUT2D eigenvalue weighted by Gasteiger charge is -2.42. The van der Waals surface area contributed by atoms with Crippen molar-refractivity contribution in [2.24, 2.45) is 0 Å². The molecular formula is C11H25N2+. The lowest BCUT2D eigenvalue weighted by Crippen LogP contribution is -2.58. The molecule has 0 aromatic rings. The molecule has 78 valence electrons. The van der Waals surface area contributed by atoms with Crippen molar-refractivity contribution in [1.29, 1.82) is 0 Å². The number of rotatable bonds is 3. The van der Waals surface area contributed by atoms with E-state index in [1.807, 2.05) is 0 Å². The van der Waals surface area contributed by atoms with E-state index in [0.29, 0.717) is 0 Å². The normalized spacial score (nSPS) is 23.1. The first-order valence-corrected chi connectivity index (χ1v) is 5.50. The maximum Gasteiger partial charge on any atom is 0.0963 e. The van der Waals surface area contributed by atoms with Gasteiger partial charge in [-0.2, -0.15) is 0 Å². The average molecular weight is 185 g/mol. The van der Waals surface area contributed by atoms with Crippen molar-refractivity contribution >= 4 is 0 Å². The standard InChI is InChI=1S/C11H25N2/c1-11(2,12-3)10-13(4)8-6-5-7-9-13/h12H,5-10H2,1-4H3/q+1. The fraction of sp³-hybridized carbons (Fsp3) is 1.00. The van der Waals surface area contributed by atoms with E-state index in [0.717, 1.165) is 0 Å². The van der Waals surface area contributed by atoms with Crippen LogP contribution in [-0.2, 0) is 0 Å². The summed E-state index contributed by atoms with van der Waals surface area (Å²) in [5.74, 6) is 0. The molecule has 0 radical (unpaired) electrons. The Hall–Kier alpha value is -0.0800. The summed E-state index contributed by atoms with van der Waals surface area (Å²) in [4.78, 5) is 0. The highest BCUT2D eigenvalue weighted by atomic mass is 15.3. The molecule has 2 heteroatoms. The molecule has 1 aliphatic heterocycles. The van der Waals surface area contributed by atoms with Crippen LogP contribution in [0.25, 0.3) is 0 Å². The van der Waals surface area contributed by atoms with Gasteiger partial charge in [0.25, 0.3) is 0 Å². The average Bonchev–Trinajstić information content (AvgIpc) is 2.04. The van der Waals surface area contributed by atoms with Crippen LogP contribution in [0.1, 0.15) is 33.1 Å². The van der Waals surface area contributed by atoms with Gasteiger partial charge in [-0.3, -0.25) is 0 Å². The second kappa shape index (κ2) is 3.97. The van der Waals surface area contributed by atoms with Crippen molar-refractivity contribution in [1.82, 2.24) is 5.32 Å². The van der Waals surface area contributed by atoms with Gasteiger partial charge >= 0.3 is 0 Å². The monoisotopic (exact) mass is 185 g/mol. The number of hydrogen-bond donors (Lipinski definition) is 1. The van der Waals surface area contributed by atoms with Crippen molar-refractivity contribution in [3.8, 4) is 0 Å². The van der Waals surface area contributed by atoms with Crippen LogP contribution in [0.15, 0.2) is 0 Å². The first-order valence-electron chi connectivity index (χ1n) is 5.50. The molecular weight excluding hydrogens is 160 g/mol. The third-order valence-corrected chi connectivity index (χ3v) is 3.35. The number of quaternary nitrogens is 1. The third kappa shape index (κ3) is 3.28. The Balaban J connectivity index is 2.49. The first-order chi connectivity index (χ1) is 5.97. The molecule has 1 heterocycles. The predicted octanol–water partition coefficient (Wildman–Crippen LogP) is 1.61. The Labute approximate surface area is 82.9 Å². The van der Waals surface area contributed by atoms with Crippen LogP contribution < -0.4 is 5.32 Å². The van der Waals surface area contributed by atoms with Gasteiger partial charge in [-0.15, -0.1) is 0 Å². The van der Waals surface area contributed by atoms with Crippen molar-refractivity contribution in [2.75, 3.05) is 33.7 Å². The van der Waals surface area contributed by atoms with Gasteiger partial charge in [0, 0.05) is 0 Å². The summed E-state index contributed by atoms with van der Waals surface area (Å²) in [5, 5.41) is 3.40. The third-order valence-electron chi connectivity index (χ3n) is 3.35. The molecule has 0 saturated carbocycles. The molecule has 2 nitrogen and oxygen atoms in total. The maximum absolute atomic E-state index is 3.40. The largest absolute Gasteiger partial charge is 0.325 e. The van der Waals surface area contributed by atoms with E-state index in [4.69, 9.17) is 0 Å². The molecule has 1 saturated heterocycles. The van der Waals surface area contributed by atoms with Gasteiger partial charge in [-0.25, -0.2) is 0 Å². The van der Waals surface area contributed by atoms with Crippen molar-refractivity contribution in [2.45, 2.75) is 38.6 Å². The topological polar surface area (TPSA) is 12.0 Å².